The maximum absolute atomic E-state index is 12.6. The average molecular weight is 286 g/mol. The molecule has 0 N–H and O–H groups in total. The molecule has 0 spiro atoms. The van der Waals surface area contributed by atoms with Crippen LogP contribution in [0.4, 0.5) is 11.5 Å². The Morgan fingerprint density at radius 3 is 2.90 bits per heavy atom. The molecule has 0 saturated heterocycles. The Bertz CT molecular complexity index is 705. The third kappa shape index (κ3) is 2.38. The molecule has 1 aliphatic rings. The van der Waals surface area contributed by atoms with Gasteiger partial charge in [0.15, 0.2) is 0 Å². The van der Waals surface area contributed by atoms with E-state index < -0.39 is 10.8 Å². The maximum Gasteiger partial charge on any atom is 0.288 e. The molecule has 8 nitrogen and oxygen atoms in total. The van der Waals surface area contributed by atoms with Gasteiger partial charge in [-0.3, -0.25) is 19.8 Å². The van der Waals surface area contributed by atoms with E-state index in [9.17, 15) is 14.9 Å². The molecule has 0 fully saturated rings. The fourth-order valence-electron chi connectivity index (χ4n) is 2.02. The number of hydrogen-bond donors (Lipinski definition) is 0. The average Bonchev–Trinajstić information content (AvgIpc) is 2.67. The number of pyridine rings is 2. The molecule has 106 valence electrons. The van der Waals surface area contributed by atoms with E-state index in [0.29, 0.717) is 12.4 Å². The highest BCUT2D eigenvalue weighted by molar-refractivity contribution is 6.07. The highest BCUT2D eigenvalue weighted by atomic mass is 16.6. The summed E-state index contributed by atoms with van der Waals surface area (Å²) in [5.41, 5.74) is -0.194. The molecule has 1 aliphatic heterocycles. The first kappa shape index (κ1) is 13.0. The minimum atomic E-state index is -0.601. The van der Waals surface area contributed by atoms with Gasteiger partial charge in [-0.1, -0.05) is 6.07 Å². The summed E-state index contributed by atoms with van der Waals surface area (Å²) in [7, 11) is 0. The summed E-state index contributed by atoms with van der Waals surface area (Å²) in [4.78, 5) is 32.2. The molecule has 0 bridgehead atoms. The van der Waals surface area contributed by atoms with Gasteiger partial charge < -0.3 is 4.74 Å². The van der Waals surface area contributed by atoms with Gasteiger partial charge in [0.05, 0.1) is 11.5 Å². The van der Waals surface area contributed by atoms with Gasteiger partial charge in [0.25, 0.3) is 11.6 Å². The number of amides is 1. The number of nitrogens with zero attached hydrogens (tertiary/aromatic N) is 4. The number of nitro groups is 1. The predicted octanol–water partition coefficient (Wildman–Crippen LogP) is 1.42. The third-order valence-corrected chi connectivity index (χ3v) is 3.00. The quantitative estimate of drug-likeness (QED) is 0.611. The number of carbonyl (C=O) groups is 1. The predicted molar refractivity (Wildman–Crippen MR) is 72.3 cm³/mol. The minimum absolute atomic E-state index is 0.0624. The summed E-state index contributed by atoms with van der Waals surface area (Å²) < 4.78 is 5.38. The summed E-state index contributed by atoms with van der Waals surface area (Å²) >= 11 is 0. The molecule has 0 aromatic carbocycles. The fourth-order valence-corrected chi connectivity index (χ4v) is 2.02. The van der Waals surface area contributed by atoms with E-state index in [1.807, 2.05) is 0 Å². The molecule has 0 atom stereocenters. The Balaban J connectivity index is 2.05. The number of aromatic nitrogens is 2. The van der Waals surface area contributed by atoms with Gasteiger partial charge in [-0.25, -0.2) is 9.97 Å². The third-order valence-electron chi connectivity index (χ3n) is 3.00. The topological polar surface area (TPSA) is 98.5 Å². The van der Waals surface area contributed by atoms with Crippen LogP contribution < -0.4 is 9.64 Å². The highest BCUT2D eigenvalue weighted by Crippen LogP contribution is 2.26. The van der Waals surface area contributed by atoms with Crippen molar-refractivity contribution in [3.63, 3.8) is 0 Å². The number of carbonyl (C=O) groups excluding carboxylic acids is 1. The second kappa shape index (κ2) is 5.16. The van der Waals surface area contributed by atoms with E-state index in [1.165, 1.54) is 11.0 Å². The SMILES string of the molecule is O=C1c2cc([N+](=O)[O-])cnc2OCCN1c1ccccn1. The van der Waals surface area contributed by atoms with Crippen molar-refractivity contribution in [3.05, 3.63) is 52.3 Å². The molecule has 8 heteroatoms. The smallest absolute Gasteiger partial charge is 0.288 e. The molecule has 0 saturated carbocycles. The summed E-state index contributed by atoms with van der Waals surface area (Å²) in [6, 6.07) is 6.36. The first-order chi connectivity index (χ1) is 10.2. The van der Waals surface area contributed by atoms with Gasteiger partial charge in [0.2, 0.25) is 5.88 Å². The van der Waals surface area contributed by atoms with Crippen LogP contribution in [0.15, 0.2) is 36.7 Å². The number of anilines is 1. The lowest BCUT2D eigenvalue weighted by molar-refractivity contribution is -0.385. The number of ether oxygens (including phenoxy) is 1. The second-order valence-electron chi connectivity index (χ2n) is 4.30. The number of fused-ring (bicyclic) bond motifs is 1. The minimum Gasteiger partial charge on any atom is -0.475 e. The fraction of sp³-hybridized carbons (Fsp3) is 0.154. The van der Waals surface area contributed by atoms with Crippen LogP contribution in [0, 0.1) is 10.1 Å². The van der Waals surface area contributed by atoms with Gasteiger partial charge in [-0.05, 0) is 12.1 Å². The highest BCUT2D eigenvalue weighted by Gasteiger charge is 2.28. The summed E-state index contributed by atoms with van der Waals surface area (Å²) in [5.74, 6) is 0.145. The molecule has 0 radical (unpaired) electrons. The van der Waals surface area contributed by atoms with E-state index in [2.05, 4.69) is 9.97 Å². The Labute approximate surface area is 119 Å². The van der Waals surface area contributed by atoms with Crippen molar-refractivity contribution in [2.45, 2.75) is 0 Å². The second-order valence-corrected chi connectivity index (χ2v) is 4.30. The summed E-state index contributed by atoms with van der Waals surface area (Å²) in [6.07, 6.45) is 2.64. The lowest BCUT2D eigenvalue weighted by Crippen LogP contribution is -2.32. The van der Waals surface area contributed by atoms with Crippen LogP contribution in [0.3, 0.4) is 0 Å². The van der Waals surface area contributed by atoms with E-state index >= 15 is 0 Å². The molecule has 2 aromatic rings. The first-order valence-corrected chi connectivity index (χ1v) is 6.17. The van der Waals surface area contributed by atoms with E-state index in [0.717, 1.165) is 6.20 Å². The van der Waals surface area contributed by atoms with Crippen molar-refractivity contribution in [2.24, 2.45) is 0 Å². The Kier molecular flexibility index (Phi) is 3.19. The van der Waals surface area contributed by atoms with Crippen LogP contribution in [-0.2, 0) is 0 Å². The van der Waals surface area contributed by atoms with E-state index in [4.69, 9.17) is 4.74 Å². The Morgan fingerprint density at radius 1 is 1.33 bits per heavy atom. The molecular weight excluding hydrogens is 276 g/mol. The zero-order chi connectivity index (χ0) is 14.8. The van der Waals surface area contributed by atoms with Gasteiger partial charge in [0.1, 0.15) is 24.2 Å². The van der Waals surface area contributed by atoms with Crippen molar-refractivity contribution in [3.8, 4) is 5.88 Å². The largest absolute Gasteiger partial charge is 0.475 e. The van der Waals surface area contributed by atoms with Crippen molar-refractivity contribution >= 4 is 17.4 Å². The monoisotopic (exact) mass is 286 g/mol. The Morgan fingerprint density at radius 2 is 2.19 bits per heavy atom. The molecule has 0 aliphatic carbocycles. The Hall–Kier alpha value is -3.03. The van der Waals surface area contributed by atoms with Crippen LogP contribution in [0.5, 0.6) is 5.88 Å². The maximum atomic E-state index is 12.6. The number of rotatable bonds is 2. The number of hydrogen-bond acceptors (Lipinski definition) is 6. The van der Waals surface area contributed by atoms with Crippen LogP contribution in [-0.4, -0.2) is 34.0 Å². The van der Waals surface area contributed by atoms with Crippen LogP contribution >= 0.6 is 0 Å². The summed E-state index contributed by atoms with van der Waals surface area (Å²) in [5, 5.41) is 10.8. The summed E-state index contributed by atoms with van der Waals surface area (Å²) in [6.45, 7) is 0.528. The van der Waals surface area contributed by atoms with E-state index in [-0.39, 0.29) is 23.7 Å². The molecule has 0 unspecified atom stereocenters. The molecule has 3 rings (SSSR count). The molecule has 2 aromatic heterocycles. The lowest BCUT2D eigenvalue weighted by atomic mass is 10.2. The van der Waals surface area contributed by atoms with Gasteiger partial charge >= 0.3 is 0 Å². The lowest BCUT2D eigenvalue weighted by Gasteiger charge is -2.18. The van der Waals surface area contributed by atoms with Gasteiger partial charge in [0, 0.05) is 12.3 Å². The first-order valence-electron chi connectivity index (χ1n) is 6.17. The normalized spacial score (nSPS) is 14.1. The zero-order valence-corrected chi connectivity index (χ0v) is 10.8. The molecule has 21 heavy (non-hydrogen) atoms. The van der Waals surface area contributed by atoms with Gasteiger partial charge in [-0.15, -0.1) is 0 Å². The van der Waals surface area contributed by atoms with Crippen LogP contribution in [0.1, 0.15) is 10.4 Å². The molecule has 3 heterocycles. The van der Waals surface area contributed by atoms with Crippen molar-refractivity contribution < 1.29 is 14.5 Å². The van der Waals surface area contributed by atoms with E-state index in [1.54, 1.807) is 24.4 Å². The van der Waals surface area contributed by atoms with Crippen LogP contribution in [0.2, 0.25) is 0 Å². The standard InChI is InChI=1S/C13H10N4O4/c18-13-10-7-9(17(19)20)8-15-12(10)21-6-5-16(13)11-3-1-2-4-14-11/h1-4,7-8H,5-6H2. The molecular formula is C13H10N4O4. The van der Waals surface area contributed by atoms with Crippen molar-refractivity contribution in [2.75, 3.05) is 18.1 Å². The van der Waals surface area contributed by atoms with Crippen LogP contribution in [0.25, 0.3) is 0 Å². The van der Waals surface area contributed by atoms with Crippen molar-refractivity contribution in [1.29, 1.82) is 0 Å². The van der Waals surface area contributed by atoms with Crippen molar-refractivity contribution in [1.82, 2.24) is 9.97 Å². The molecule has 1 amide bonds. The van der Waals surface area contributed by atoms with Gasteiger partial charge in [-0.2, -0.15) is 0 Å². The zero-order valence-electron chi connectivity index (χ0n) is 10.8.